The number of ether oxygens (including phenoxy) is 2. The van der Waals surface area contributed by atoms with Crippen molar-refractivity contribution in [3.8, 4) is 11.5 Å². The summed E-state index contributed by atoms with van der Waals surface area (Å²) in [4.78, 5) is 0. The summed E-state index contributed by atoms with van der Waals surface area (Å²) in [6.07, 6.45) is 1.53. The number of para-hydroxylation sites is 1. The molecule has 1 aliphatic heterocycles. The number of fused-ring (bicyclic) bond motifs is 1. The van der Waals surface area contributed by atoms with Crippen LogP contribution in [0.2, 0.25) is 0 Å². The fraction of sp³-hybridized carbons (Fsp3) is 0.500. The molecule has 1 aromatic rings. The Morgan fingerprint density at radius 1 is 1.22 bits per heavy atom. The number of nitrogens with one attached hydrogen (secondary N) is 1. The first-order valence-corrected chi connectivity index (χ1v) is 7.57. The zero-order valence-electron chi connectivity index (χ0n) is 9.89. The molecule has 1 saturated carbocycles. The van der Waals surface area contributed by atoms with E-state index < -0.39 is 10.0 Å². The van der Waals surface area contributed by atoms with Crippen molar-refractivity contribution in [3.05, 3.63) is 23.8 Å². The molecule has 0 amide bonds. The second-order valence-electron chi connectivity index (χ2n) is 4.51. The van der Waals surface area contributed by atoms with Gasteiger partial charge in [-0.05, 0) is 18.9 Å². The van der Waals surface area contributed by atoms with E-state index in [1.165, 1.54) is 0 Å². The first-order chi connectivity index (χ1) is 8.67. The van der Waals surface area contributed by atoms with E-state index in [4.69, 9.17) is 9.47 Å². The lowest BCUT2D eigenvalue weighted by Crippen LogP contribution is -2.27. The molecule has 1 N–H and O–H groups in total. The molecule has 1 aliphatic carbocycles. The SMILES string of the molecule is O=S(=O)(NCc1cccc2c1OCCO2)C1CC1. The standard InChI is InChI=1S/C12H15NO4S/c14-18(15,10-4-5-10)13-8-9-2-1-3-11-12(9)17-7-6-16-11/h1-3,10,13H,4-8H2. The van der Waals surface area contributed by atoms with Crippen molar-refractivity contribution in [3.63, 3.8) is 0 Å². The first kappa shape index (κ1) is 11.8. The molecular formula is C12H15NO4S. The van der Waals surface area contributed by atoms with Crippen LogP contribution in [0.25, 0.3) is 0 Å². The maximum Gasteiger partial charge on any atom is 0.214 e. The smallest absolute Gasteiger partial charge is 0.214 e. The third-order valence-electron chi connectivity index (χ3n) is 3.07. The highest BCUT2D eigenvalue weighted by Crippen LogP contribution is 2.34. The number of rotatable bonds is 4. The Bertz CT molecular complexity index is 551. The van der Waals surface area contributed by atoms with E-state index in [0.717, 1.165) is 18.4 Å². The molecule has 0 radical (unpaired) electrons. The number of hydrogen-bond acceptors (Lipinski definition) is 4. The van der Waals surface area contributed by atoms with Crippen LogP contribution in [0.3, 0.4) is 0 Å². The van der Waals surface area contributed by atoms with E-state index in [9.17, 15) is 8.42 Å². The lowest BCUT2D eigenvalue weighted by Gasteiger charge is -2.21. The predicted octanol–water partition coefficient (Wildman–Crippen LogP) is 1.04. The van der Waals surface area contributed by atoms with Crippen molar-refractivity contribution < 1.29 is 17.9 Å². The highest BCUT2D eigenvalue weighted by Gasteiger charge is 2.35. The Morgan fingerprint density at radius 2 is 2.00 bits per heavy atom. The molecule has 1 heterocycles. The third kappa shape index (κ3) is 2.30. The molecule has 1 fully saturated rings. The van der Waals surface area contributed by atoms with Gasteiger partial charge in [-0.2, -0.15) is 0 Å². The van der Waals surface area contributed by atoms with E-state index in [0.29, 0.717) is 24.7 Å². The van der Waals surface area contributed by atoms with Crippen LogP contribution in [0.4, 0.5) is 0 Å². The van der Waals surface area contributed by atoms with E-state index >= 15 is 0 Å². The van der Waals surface area contributed by atoms with Crippen molar-refractivity contribution in [1.82, 2.24) is 4.72 Å². The maximum atomic E-state index is 11.8. The lowest BCUT2D eigenvalue weighted by molar-refractivity contribution is 0.170. The van der Waals surface area contributed by atoms with E-state index in [2.05, 4.69) is 4.72 Å². The molecule has 1 aromatic carbocycles. The van der Waals surface area contributed by atoms with Crippen LogP contribution in [0.5, 0.6) is 11.5 Å². The van der Waals surface area contributed by atoms with Crippen LogP contribution in [0, 0.1) is 0 Å². The minimum atomic E-state index is -3.16. The summed E-state index contributed by atoms with van der Waals surface area (Å²) in [5.41, 5.74) is 0.816. The Kier molecular flexibility index (Phi) is 2.91. The van der Waals surface area contributed by atoms with E-state index in [1.807, 2.05) is 18.2 Å². The molecule has 5 nitrogen and oxygen atoms in total. The monoisotopic (exact) mass is 269 g/mol. The van der Waals surface area contributed by atoms with Crippen LogP contribution in [0.1, 0.15) is 18.4 Å². The third-order valence-corrected chi connectivity index (χ3v) is 4.97. The molecular weight excluding hydrogens is 254 g/mol. The van der Waals surface area contributed by atoms with Crippen molar-refractivity contribution in [2.45, 2.75) is 24.6 Å². The number of hydrogen-bond donors (Lipinski definition) is 1. The number of sulfonamides is 1. The van der Waals surface area contributed by atoms with E-state index in [1.54, 1.807) is 0 Å². The second-order valence-corrected chi connectivity index (χ2v) is 6.55. The predicted molar refractivity (Wildman–Crippen MR) is 66.2 cm³/mol. The van der Waals surface area contributed by atoms with Crippen molar-refractivity contribution in [1.29, 1.82) is 0 Å². The topological polar surface area (TPSA) is 64.6 Å². The van der Waals surface area contributed by atoms with Crippen LogP contribution in [-0.4, -0.2) is 26.9 Å². The van der Waals surface area contributed by atoms with Gasteiger partial charge in [0.15, 0.2) is 11.5 Å². The van der Waals surface area contributed by atoms with Crippen LogP contribution in [0.15, 0.2) is 18.2 Å². The summed E-state index contributed by atoms with van der Waals surface area (Å²) in [5.74, 6) is 1.34. The molecule has 0 bridgehead atoms. The lowest BCUT2D eigenvalue weighted by atomic mass is 10.2. The summed E-state index contributed by atoms with van der Waals surface area (Å²) >= 11 is 0. The van der Waals surface area contributed by atoms with Gasteiger partial charge in [0.2, 0.25) is 10.0 Å². The van der Waals surface area contributed by atoms with Gasteiger partial charge in [0.05, 0.1) is 5.25 Å². The molecule has 3 rings (SSSR count). The minimum absolute atomic E-state index is 0.200. The van der Waals surface area contributed by atoms with Crippen LogP contribution < -0.4 is 14.2 Å². The first-order valence-electron chi connectivity index (χ1n) is 6.03. The normalized spacial score (nSPS) is 18.7. The van der Waals surface area contributed by atoms with Crippen molar-refractivity contribution >= 4 is 10.0 Å². The molecule has 0 spiro atoms. The largest absolute Gasteiger partial charge is 0.486 e. The molecule has 0 atom stereocenters. The molecule has 2 aliphatic rings. The summed E-state index contributed by atoms with van der Waals surface area (Å²) in [6, 6.07) is 5.52. The summed E-state index contributed by atoms with van der Waals surface area (Å²) < 4.78 is 37.1. The minimum Gasteiger partial charge on any atom is -0.486 e. The fourth-order valence-corrected chi connectivity index (χ4v) is 3.30. The molecule has 6 heteroatoms. The summed E-state index contributed by atoms with van der Waals surface area (Å²) in [6.45, 7) is 1.29. The average molecular weight is 269 g/mol. The van der Waals surface area contributed by atoms with Crippen molar-refractivity contribution in [2.24, 2.45) is 0 Å². The average Bonchev–Trinajstić information content (AvgIpc) is 3.21. The molecule has 18 heavy (non-hydrogen) atoms. The molecule has 0 saturated heterocycles. The quantitative estimate of drug-likeness (QED) is 0.887. The van der Waals surface area contributed by atoms with Gasteiger partial charge in [-0.3, -0.25) is 0 Å². The zero-order chi connectivity index (χ0) is 12.6. The second kappa shape index (κ2) is 4.44. The van der Waals surface area contributed by atoms with Gasteiger partial charge in [-0.1, -0.05) is 12.1 Å². The van der Waals surface area contributed by atoms with Crippen molar-refractivity contribution in [2.75, 3.05) is 13.2 Å². The van der Waals surface area contributed by atoms with Gasteiger partial charge < -0.3 is 9.47 Å². The maximum absolute atomic E-state index is 11.8. The summed E-state index contributed by atoms with van der Waals surface area (Å²) in [5, 5.41) is -0.200. The van der Waals surface area contributed by atoms with E-state index in [-0.39, 0.29) is 11.8 Å². The zero-order valence-corrected chi connectivity index (χ0v) is 10.7. The van der Waals surface area contributed by atoms with Gasteiger partial charge in [0, 0.05) is 12.1 Å². The number of benzene rings is 1. The van der Waals surface area contributed by atoms with Gasteiger partial charge in [0.25, 0.3) is 0 Å². The highest BCUT2D eigenvalue weighted by molar-refractivity contribution is 7.90. The fourth-order valence-electron chi connectivity index (χ4n) is 1.95. The van der Waals surface area contributed by atoms with Gasteiger partial charge in [-0.15, -0.1) is 0 Å². The van der Waals surface area contributed by atoms with Gasteiger partial charge in [0.1, 0.15) is 13.2 Å². The van der Waals surface area contributed by atoms with Crippen LogP contribution in [-0.2, 0) is 16.6 Å². The Hall–Kier alpha value is -1.27. The Labute approximate surface area is 106 Å². The van der Waals surface area contributed by atoms with Gasteiger partial charge in [-0.25, -0.2) is 13.1 Å². The molecule has 0 unspecified atom stereocenters. The Morgan fingerprint density at radius 3 is 2.78 bits per heavy atom. The summed E-state index contributed by atoms with van der Waals surface area (Å²) in [7, 11) is -3.16. The highest BCUT2D eigenvalue weighted by atomic mass is 32.2. The van der Waals surface area contributed by atoms with Crippen LogP contribution >= 0.6 is 0 Å². The van der Waals surface area contributed by atoms with Gasteiger partial charge >= 0.3 is 0 Å². The Balaban J connectivity index is 1.76. The molecule has 0 aromatic heterocycles. The molecule has 98 valence electrons.